The monoisotopic (exact) mass is 435 g/mol. The topological polar surface area (TPSA) is 38.1 Å². The average molecular weight is 436 g/mol. The van der Waals surface area contributed by atoms with Gasteiger partial charge in [0.25, 0.3) is 0 Å². The zero-order chi connectivity index (χ0) is 22.4. The van der Waals surface area contributed by atoms with Gasteiger partial charge in [0, 0.05) is 31.1 Å². The van der Waals surface area contributed by atoms with E-state index in [1.807, 2.05) is 6.07 Å². The highest BCUT2D eigenvalue weighted by Crippen LogP contribution is 2.34. The lowest BCUT2D eigenvalue weighted by molar-refractivity contribution is -0.131. The number of rotatable bonds is 5. The Bertz CT molecular complexity index is 1300. The third kappa shape index (κ3) is 3.84. The van der Waals surface area contributed by atoms with E-state index in [0.29, 0.717) is 17.7 Å². The van der Waals surface area contributed by atoms with E-state index in [4.69, 9.17) is 4.98 Å². The maximum atomic E-state index is 12.6. The Hall–Kier alpha value is -3.40. The number of hydrogen-bond acceptors (Lipinski definition) is 2. The van der Waals surface area contributed by atoms with Crippen LogP contribution in [0.3, 0.4) is 0 Å². The molecule has 0 bridgehead atoms. The highest BCUT2D eigenvalue weighted by Gasteiger charge is 2.36. The van der Waals surface area contributed by atoms with Crippen LogP contribution in [0, 0.1) is 18.8 Å². The largest absolute Gasteiger partial charge is 0.342 e. The molecule has 4 aromatic rings. The number of aryl methyl sites for hydroxylation is 1. The Morgan fingerprint density at radius 1 is 0.879 bits per heavy atom. The summed E-state index contributed by atoms with van der Waals surface area (Å²) in [6, 6.07) is 25.7. The molecule has 33 heavy (non-hydrogen) atoms. The van der Waals surface area contributed by atoms with E-state index in [1.165, 1.54) is 22.2 Å². The molecular formula is C29H29N3O. The molecule has 2 heterocycles. The van der Waals surface area contributed by atoms with Gasteiger partial charge in [-0.05, 0) is 54.9 Å². The van der Waals surface area contributed by atoms with Crippen molar-refractivity contribution in [3.05, 3.63) is 78.4 Å². The summed E-state index contributed by atoms with van der Waals surface area (Å²) < 4.78 is 2.38. The van der Waals surface area contributed by atoms with Gasteiger partial charge in [-0.15, -0.1) is 0 Å². The zero-order valence-electron chi connectivity index (χ0n) is 19.1. The Kier molecular flexibility index (Phi) is 5.01. The van der Waals surface area contributed by atoms with Gasteiger partial charge in [0.15, 0.2) is 0 Å². The first-order chi connectivity index (χ1) is 16.2. The van der Waals surface area contributed by atoms with Crippen LogP contribution < -0.4 is 0 Å². The van der Waals surface area contributed by atoms with Crippen LogP contribution in [-0.4, -0.2) is 33.4 Å². The molecule has 0 unspecified atom stereocenters. The smallest absolute Gasteiger partial charge is 0.225 e. The minimum absolute atomic E-state index is 0.305. The van der Waals surface area contributed by atoms with Crippen molar-refractivity contribution < 1.29 is 4.79 Å². The lowest BCUT2D eigenvalue weighted by atomic mass is 10.0. The molecule has 1 saturated carbocycles. The van der Waals surface area contributed by atoms with E-state index in [-0.39, 0.29) is 0 Å². The van der Waals surface area contributed by atoms with E-state index in [0.717, 1.165) is 55.8 Å². The average Bonchev–Trinajstić information content (AvgIpc) is 3.49. The molecule has 2 aliphatic rings. The first kappa shape index (κ1) is 20.2. The fourth-order valence-corrected chi connectivity index (χ4v) is 5.16. The lowest BCUT2D eigenvalue weighted by Crippen LogP contribution is -2.30. The van der Waals surface area contributed by atoms with Crippen LogP contribution >= 0.6 is 0 Å². The fourth-order valence-electron chi connectivity index (χ4n) is 5.16. The predicted molar refractivity (Wildman–Crippen MR) is 133 cm³/mol. The third-order valence-electron chi connectivity index (χ3n) is 7.20. The Morgan fingerprint density at radius 2 is 1.61 bits per heavy atom. The fraction of sp³-hybridized carbons (Fsp3) is 0.310. The standard InChI is InChI=1S/C29H29N3O/c1-20-6-5-9-26-27(20)30-28(24-12-10-23(11-13-24)22-7-3-2-4-8-22)32(26)19-21-16-17-31(18-21)29(33)25-14-15-25/h2-13,21,25H,14-19H2,1H3/t21-/m0/s1. The second-order valence-electron chi connectivity index (χ2n) is 9.65. The molecule has 0 spiro atoms. The lowest BCUT2D eigenvalue weighted by Gasteiger charge is -2.18. The van der Waals surface area contributed by atoms with Crippen molar-refractivity contribution in [1.29, 1.82) is 0 Å². The number of fused-ring (bicyclic) bond motifs is 1. The number of carbonyl (C=O) groups excluding carboxylic acids is 1. The van der Waals surface area contributed by atoms with Crippen molar-refractivity contribution in [3.63, 3.8) is 0 Å². The van der Waals surface area contributed by atoms with E-state index >= 15 is 0 Å². The summed E-state index contributed by atoms with van der Waals surface area (Å²) in [5.41, 5.74) is 7.02. The van der Waals surface area contributed by atoms with Crippen LogP contribution in [0.15, 0.2) is 72.8 Å². The normalized spacial score (nSPS) is 18.2. The molecule has 1 atom stereocenters. The van der Waals surface area contributed by atoms with E-state index in [9.17, 15) is 4.79 Å². The molecule has 1 saturated heterocycles. The van der Waals surface area contributed by atoms with E-state index in [2.05, 4.69) is 83.1 Å². The van der Waals surface area contributed by atoms with Gasteiger partial charge >= 0.3 is 0 Å². The van der Waals surface area contributed by atoms with Crippen LogP contribution in [0.2, 0.25) is 0 Å². The van der Waals surface area contributed by atoms with Gasteiger partial charge in [-0.25, -0.2) is 4.98 Å². The van der Waals surface area contributed by atoms with Crippen molar-refractivity contribution in [1.82, 2.24) is 14.5 Å². The van der Waals surface area contributed by atoms with Crippen molar-refractivity contribution >= 4 is 16.9 Å². The summed E-state index contributed by atoms with van der Waals surface area (Å²) in [7, 11) is 0. The number of amides is 1. The quantitative estimate of drug-likeness (QED) is 0.389. The SMILES string of the molecule is Cc1cccc2c1nc(-c1ccc(-c3ccccc3)cc1)n2C[C@H]1CCN(C(=O)C2CC2)C1. The Balaban J connectivity index is 1.33. The highest BCUT2D eigenvalue weighted by atomic mass is 16.2. The molecule has 1 aliphatic heterocycles. The van der Waals surface area contributed by atoms with Gasteiger partial charge in [-0.2, -0.15) is 0 Å². The molecular weight excluding hydrogens is 406 g/mol. The first-order valence-corrected chi connectivity index (χ1v) is 12.1. The molecule has 0 N–H and O–H groups in total. The van der Waals surface area contributed by atoms with Gasteiger partial charge in [-0.1, -0.05) is 66.7 Å². The number of hydrogen-bond donors (Lipinski definition) is 0. The number of carbonyl (C=O) groups is 1. The summed E-state index contributed by atoms with van der Waals surface area (Å²) >= 11 is 0. The van der Waals surface area contributed by atoms with Crippen LogP contribution in [0.4, 0.5) is 0 Å². The van der Waals surface area contributed by atoms with E-state index in [1.54, 1.807) is 0 Å². The first-order valence-electron chi connectivity index (χ1n) is 12.1. The highest BCUT2D eigenvalue weighted by molar-refractivity contribution is 5.84. The molecule has 4 nitrogen and oxygen atoms in total. The number of imidazole rings is 1. The van der Waals surface area contributed by atoms with Crippen LogP contribution in [-0.2, 0) is 11.3 Å². The number of benzene rings is 3. The van der Waals surface area contributed by atoms with Crippen molar-refractivity contribution in [3.8, 4) is 22.5 Å². The van der Waals surface area contributed by atoms with Crippen molar-refractivity contribution in [2.75, 3.05) is 13.1 Å². The van der Waals surface area contributed by atoms with Crippen molar-refractivity contribution in [2.24, 2.45) is 11.8 Å². The Morgan fingerprint density at radius 3 is 2.36 bits per heavy atom. The minimum Gasteiger partial charge on any atom is -0.342 e. The van der Waals surface area contributed by atoms with Crippen molar-refractivity contribution in [2.45, 2.75) is 32.7 Å². The second kappa shape index (κ2) is 8.18. The van der Waals surface area contributed by atoms with Gasteiger partial charge in [0.05, 0.1) is 11.0 Å². The number of likely N-dealkylation sites (tertiary alicyclic amines) is 1. The number of aromatic nitrogens is 2. The summed E-state index contributed by atoms with van der Waals surface area (Å²) in [6.07, 6.45) is 3.22. The van der Waals surface area contributed by atoms with E-state index < -0.39 is 0 Å². The minimum atomic E-state index is 0.305. The van der Waals surface area contributed by atoms with Crippen LogP contribution in [0.5, 0.6) is 0 Å². The molecule has 1 amide bonds. The van der Waals surface area contributed by atoms with Gasteiger partial charge in [-0.3, -0.25) is 4.79 Å². The second-order valence-corrected chi connectivity index (χ2v) is 9.65. The zero-order valence-corrected chi connectivity index (χ0v) is 19.1. The summed E-state index contributed by atoms with van der Waals surface area (Å²) in [6.45, 7) is 4.79. The van der Waals surface area contributed by atoms with Gasteiger partial charge < -0.3 is 9.47 Å². The molecule has 1 aliphatic carbocycles. The van der Waals surface area contributed by atoms with Gasteiger partial charge in [0.1, 0.15) is 5.82 Å². The number of nitrogens with zero attached hydrogens (tertiary/aromatic N) is 3. The summed E-state index contributed by atoms with van der Waals surface area (Å²) in [5, 5.41) is 0. The molecule has 3 aromatic carbocycles. The summed E-state index contributed by atoms with van der Waals surface area (Å²) in [5.74, 6) is 2.17. The van der Waals surface area contributed by atoms with Gasteiger partial charge in [0.2, 0.25) is 5.91 Å². The molecule has 166 valence electrons. The van der Waals surface area contributed by atoms with Crippen LogP contribution in [0.25, 0.3) is 33.5 Å². The molecule has 2 fully saturated rings. The maximum Gasteiger partial charge on any atom is 0.225 e. The predicted octanol–water partition coefficient (Wildman–Crippen LogP) is 5.94. The maximum absolute atomic E-state index is 12.6. The third-order valence-corrected chi connectivity index (χ3v) is 7.20. The molecule has 6 rings (SSSR count). The van der Waals surface area contributed by atoms with Crippen LogP contribution in [0.1, 0.15) is 24.8 Å². The molecule has 0 radical (unpaired) electrons. The summed E-state index contributed by atoms with van der Waals surface area (Å²) in [4.78, 5) is 19.8. The molecule has 4 heteroatoms. The number of para-hydroxylation sites is 1. The molecule has 1 aromatic heterocycles. The Labute approximate surface area is 194 Å².